The first-order chi connectivity index (χ1) is 15.0. The highest BCUT2D eigenvalue weighted by Gasteiger charge is 2.36. The number of ketones is 1. The molecular formula is C23H23FN4O3. The number of H-pyrrole nitrogens is 1. The highest BCUT2D eigenvalue weighted by Crippen LogP contribution is 2.40. The van der Waals surface area contributed by atoms with E-state index in [0.29, 0.717) is 29.1 Å². The van der Waals surface area contributed by atoms with Gasteiger partial charge < -0.3 is 20.3 Å². The van der Waals surface area contributed by atoms with Crippen molar-refractivity contribution in [3.05, 3.63) is 65.9 Å². The number of nitrogens with zero attached hydrogens (tertiary/aromatic N) is 2. The van der Waals surface area contributed by atoms with Crippen molar-refractivity contribution < 1.29 is 19.1 Å². The Balaban J connectivity index is 1.78. The van der Waals surface area contributed by atoms with Crippen LogP contribution < -0.4 is 5.32 Å². The third-order valence-electron chi connectivity index (χ3n) is 5.48. The second kappa shape index (κ2) is 8.69. The highest BCUT2D eigenvalue weighted by atomic mass is 19.1. The summed E-state index contributed by atoms with van der Waals surface area (Å²) in [6.07, 6.45) is 3.00. The number of benzene rings is 1. The van der Waals surface area contributed by atoms with Crippen molar-refractivity contribution in [3.8, 4) is 11.3 Å². The molecule has 160 valence electrons. The van der Waals surface area contributed by atoms with Crippen LogP contribution in [0.1, 0.15) is 22.5 Å². The summed E-state index contributed by atoms with van der Waals surface area (Å²) >= 11 is 0. The number of aromatic nitrogens is 2. The van der Waals surface area contributed by atoms with Crippen LogP contribution in [-0.4, -0.2) is 51.9 Å². The number of likely N-dealkylation sites (N-methyl/N-ethyl adjacent to an activating group) is 1. The first kappa shape index (κ1) is 20.7. The Kier molecular flexibility index (Phi) is 5.81. The van der Waals surface area contributed by atoms with Crippen molar-refractivity contribution in [2.45, 2.75) is 12.8 Å². The quantitative estimate of drug-likeness (QED) is 0.567. The largest absolute Gasteiger partial charge is 0.395 e. The van der Waals surface area contributed by atoms with E-state index in [2.05, 4.69) is 15.3 Å². The van der Waals surface area contributed by atoms with Crippen LogP contribution in [0.25, 0.3) is 11.3 Å². The van der Waals surface area contributed by atoms with E-state index >= 15 is 0 Å². The number of aliphatic hydroxyl groups is 1. The SMILES string of the molecule is CN(CCO)C(=O)C1CC(=O)c2c([nH]c(-c3ccncc3F)c2Nc2ccccc2)C1. The Hall–Kier alpha value is -3.52. The fraction of sp³-hybridized carbons (Fsp3) is 0.261. The minimum atomic E-state index is -0.532. The molecule has 1 aliphatic carbocycles. The van der Waals surface area contributed by atoms with Crippen molar-refractivity contribution >= 4 is 23.1 Å². The molecule has 0 fully saturated rings. The van der Waals surface area contributed by atoms with Gasteiger partial charge in [0.1, 0.15) is 0 Å². The summed E-state index contributed by atoms with van der Waals surface area (Å²) in [5.41, 5.74) is 3.02. The molecule has 0 radical (unpaired) electrons. The van der Waals surface area contributed by atoms with Gasteiger partial charge in [-0.1, -0.05) is 18.2 Å². The minimum Gasteiger partial charge on any atom is -0.395 e. The molecule has 1 unspecified atom stereocenters. The number of aliphatic hydroxyl groups excluding tert-OH is 1. The van der Waals surface area contributed by atoms with Crippen LogP contribution in [0, 0.1) is 11.7 Å². The smallest absolute Gasteiger partial charge is 0.226 e. The molecule has 4 rings (SSSR count). The number of aromatic amines is 1. The van der Waals surface area contributed by atoms with Crippen LogP contribution in [0.2, 0.25) is 0 Å². The van der Waals surface area contributed by atoms with Crippen molar-refractivity contribution in [2.75, 3.05) is 25.5 Å². The van der Waals surface area contributed by atoms with E-state index < -0.39 is 11.7 Å². The zero-order chi connectivity index (χ0) is 22.0. The fourth-order valence-electron chi connectivity index (χ4n) is 3.97. The molecule has 1 amide bonds. The number of amides is 1. The fourth-order valence-corrected chi connectivity index (χ4v) is 3.97. The van der Waals surface area contributed by atoms with E-state index in [1.54, 1.807) is 13.1 Å². The summed E-state index contributed by atoms with van der Waals surface area (Å²) in [5, 5.41) is 12.4. The van der Waals surface area contributed by atoms with Gasteiger partial charge in [-0.05, 0) is 18.2 Å². The van der Waals surface area contributed by atoms with E-state index in [1.165, 1.54) is 11.1 Å². The molecule has 0 saturated carbocycles. The van der Waals surface area contributed by atoms with Crippen LogP contribution in [-0.2, 0) is 11.2 Å². The Bertz CT molecular complexity index is 1110. The maximum atomic E-state index is 14.6. The molecule has 1 aliphatic rings. The number of pyridine rings is 1. The van der Waals surface area contributed by atoms with Crippen molar-refractivity contribution in [2.24, 2.45) is 5.92 Å². The van der Waals surface area contributed by atoms with E-state index in [-0.39, 0.29) is 36.8 Å². The second-order valence-electron chi connectivity index (χ2n) is 7.59. The lowest BCUT2D eigenvalue weighted by molar-refractivity contribution is -0.134. The van der Waals surface area contributed by atoms with E-state index in [4.69, 9.17) is 5.11 Å². The number of hydrogen-bond donors (Lipinski definition) is 3. The van der Waals surface area contributed by atoms with Crippen LogP contribution in [0.15, 0.2) is 48.8 Å². The number of nitrogens with one attached hydrogen (secondary N) is 2. The van der Waals surface area contributed by atoms with Gasteiger partial charge in [-0.3, -0.25) is 14.6 Å². The van der Waals surface area contributed by atoms with Gasteiger partial charge in [-0.15, -0.1) is 0 Å². The summed E-state index contributed by atoms with van der Waals surface area (Å²) < 4.78 is 14.6. The standard InChI is InChI=1S/C23H23FN4O3/c1-28(9-10-29)23(31)14-11-18-20(19(30)12-14)22(26-15-5-3-2-4-6-15)21(27-18)16-7-8-25-13-17(16)24/h2-8,13-14,26-27,29H,9-12H2,1H3. The average Bonchev–Trinajstić information content (AvgIpc) is 3.13. The second-order valence-corrected chi connectivity index (χ2v) is 7.59. The number of rotatable bonds is 6. The molecule has 7 nitrogen and oxygen atoms in total. The molecule has 31 heavy (non-hydrogen) atoms. The molecule has 3 N–H and O–H groups in total. The third-order valence-corrected chi connectivity index (χ3v) is 5.48. The number of fused-ring (bicyclic) bond motifs is 1. The lowest BCUT2D eigenvalue weighted by Gasteiger charge is -2.26. The van der Waals surface area contributed by atoms with Crippen LogP contribution in [0.3, 0.4) is 0 Å². The van der Waals surface area contributed by atoms with Gasteiger partial charge in [0.15, 0.2) is 11.6 Å². The van der Waals surface area contributed by atoms with E-state index in [9.17, 15) is 14.0 Å². The summed E-state index contributed by atoms with van der Waals surface area (Å²) in [6, 6.07) is 10.9. The topological polar surface area (TPSA) is 98.3 Å². The summed E-state index contributed by atoms with van der Waals surface area (Å²) in [4.78, 5) is 34.3. The van der Waals surface area contributed by atoms with E-state index in [0.717, 1.165) is 11.9 Å². The monoisotopic (exact) mass is 422 g/mol. The summed E-state index contributed by atoms with van der Waals surface area (Å²) in [5.74, 6) is -1.43. The third kappa shape index (κ3) is 4.06. The number of halogens is 1. The number of carbonyl (C=O) groups is 2. The van der Waals surface area contributed by atoms with Crippen molar-refractivity contribution in [1.29, 1.82) is 0 Å². The predicted octanol–water partition coefficient (Wildman–Crippen LogP) is 3.16. The van der Waals surface area contributed by atoms with Gasteiger partial charge in [0, 0.05) is 49.6 Å². The number of para-hydroxylation sites is 1. The molecule has 0 aliphatic heterocycles. The Morgan fingerprint density at radius 1 is 1.29 bits per heavy atom. The molecule has 2 aromatic heterocycles. The first-order valence-electron chi connectivity index (χ1n) is 10.1. The normalized spacial score (nSPS) is 15.5. The summed E-state index contributed by atoms with van der Waals surface area (Å²) in [7, 11) is 1.60. The maximum Gasteiger partial charge on any atom is 0.226 e. The van der Waals surface area contributed by atoms with Crippen LogP contribution in [0.4, 0.5) is 15.8 Å². The number of hydrogen-bond acceptors (Lipinski definition) is 5. The zero-order valence-corrected chi connectivity index (χ0v) is 17.1. The van der Waals surface area contributed by atoms with Crippen molar-refractivity contribution in [3.63, 3.8) is 0 Å². The Morgan fingerprint density at radius 2 is 2.06 bits per heavy atom. The number of anilines is 2. The average molecular weight is 422 g/mol. The lowest BCUT2D eigenvalue weighted by Crippen LogP contribution is -2.38. The van der Waals surface area contributed by atoms with Gasteiger partial charge >= 0.3 is 0 Å². The minimum absolute atomic E-state index is 0.0567. The molecule has 1 aromatic carbocycles. The molecule has 3 aromatic rings. The number of Topliss-reactive ketones (excluding diaryl/α,β-unsaturated/α-hetero) is 1. The van der Waals surface area contributed by atoms with Crippen molar-refractivity contribution in [1.82, 2.24) is 14.9 Å². The van der Waals surface area contributed by atoms with Crippen LogP contribution >= 0.6 is 0 Å². The molecule has 8 heteroatoms. The highest BCUT2D eigenvalue weighted by molar-refractivity contribution is 6.09. The zero-order valence-electron chi connectivity index (χ0n) is 17.1. The number of carbonyl (C=O) groups excluding carboxylic acids is 2. The molecule has 0 spiro atoms. The predicted molar refractivity (Wildman–Crippen MR) is 115 cm³/mol. The molecule has 1 atom stereocenters. The van der Waals surface area contributed by atoms with Crippen LogP contribution in [0.5, 0.6) is 0 Å². The molecule has 0 bridgehead atoms. The summed E-state index contributed by atoms with van der Waals surface area (Å²) in [6.45, 7) is 0.0582. The van der Waals surface area contributed by atoms with Gasteiger partial charge in [-0.25, -0.2) is 4.39 Å². The van der Waals surface area contributed by atoms with Gasteiger partial charge in [0.05, 0.1) is 35.7 Å². The van der Waals surface area contributed by atoms with Gasteiger partial charge in [-0.2, -0.15) is 0 Å². The van der Waals surface area contributed by atoms with E-state index in [1.807, 2.05) is 30.3 Å². The lowest BCUT2D eigenvalue weighted by atomic mass is 9.85. The maximum absolute atomic E-state index is 14.6. The molecule has 2 heterocycles. The Morgan fingerprint density at radius 3 is 2.77 bits per heavy atom. The van der Waals surface area contributed by atoms with Gasteiger partial charge in [0.2, 0.25) is 5.91 Å². The first-order valence-corrected chi connectivity index (χ1v) is 10.1. The van der Waals surface area contributed by atoms with Gasteiger partial charge in [0.25, 0.3) is 0 Å². The molecular weight excluding hydrogens is 399 g/mol. The molecule has 0 saturated heterocycles. The Labute approximate surface area is 178 Å².